The van der Waals surface area contributed by atoms with Gasteiger partial charge in [-0.1, -0.05) is 30.3 Å². The molecular formula is C16H23N3O2S. The van der Waals surface area contributed by atoms with Crippen LogP contribution >= 0.6 is 0 Å². The predicted octanol–water partition coefficient (Wildman–Crippen LogP) is 2.05. The zero-order chi connectivity index (χ0) is 16.0. The summed E-state index contributed by atoms with van der Waals surface area (Å²) in [5.74, 6) is 0.152. The van der Waals surface area contributed by atoms with Crippen molar-refractivity contribution in [1.82, 2.24) is 14.5 Å². The van der Waals surface area contributed by atoms with Gasteiger partial charge in [-0.3, -0.25) is 4.68 Å². The number of hydrogen-bond donors (Lipinski definition) is 1. The molecule has 0 bridgehead atoms. The minimum atomic E-state index is -3.22. The number of sulfonamides is 1. The molecule has 0 aliphatic heterocycles. The molecule has 0 aliphatic carbocycles. The van der Waals surface area contributed by atoms with Gasteiger partial charge in [0.05, 0.1) is 18.0 Å². The maximum absolute atomic E-state index is 12.0. The Morgan fingerprint density at radius 2 is 1.91 bits per heavy atom. The second kappa shape index (κ2) is 7.56. The highest BCUT2D eigenvalue weighted by Gasteiger charge is 2.10. The Labute approximate surface area is 132 Å². The SMILES string of the molecule is Cc1cc(C)n(CCNS(=O)(=O)CCCc2ccccc2)n1. The van der Waals surface area contributed by atoms with Crippen LogP contribution in [0.5, 0.6) is 0 Å². The Kier molecular flexibility index (Phi) is 5.74. The van der Waals surface area contributed by atoms with Crippen LogP contribution in [0.1, 0.15) is 23.4 Å². The van der Waals surface area contributed by atoms with E-state index >= 15 is 0 Å². The number of aryl methyl sites for hydroxylation is 3. The first kappa shape index (κ1) is 16.7. The maximum Gasteiger partial charge on any atom is 0.211 e. The standard InChI is InChI=1S/C16H23N3O2S/c1-14-13-15(2)19(18-14)11-10-17-22(20,21)12-6-9-16-7-4-3-5-8-16/h3-5,7-8,13,17H,6,9-12H2,1-2H3. The Hall–Kier alpha value is -1.66. The van der Waals surface area contributed by atoms with Crippen molar-refractivity contribution in [2.45, 2.75) is 33.2 Å². The molecule has 22 heavy (non-hydrogen) atoms. The molecule has 1 aromatic carbocycles. The fraction of sp³-hybridized carbons (Fsp3) is 0.438. The van der Waals surface area contributed by atoms with Gasteiger partial charge in [0.2, 0.25) is 10.0 Å². The summed E-state index contributed by atoms with van der Waals surface area (Å²) in [7, 11) is -3.22. The molecule has 5 nitrogen and oxygen atoms in total. The molecule has 0 saturated heterocycles. The van der Waals surface area contributed by atoms with Crippen LogP contribution in [0, 0.1) is 13.8 Å². The van der Waals surface area contributed by atoms with E-state index in [1.54, 1.807) is 0 Å². The van der Waals surface area contributed by atoms with Crippen LogP contribution in [0.2, 0.25) is 0 Å². The first-order valence-corrected chi connectivity index (χ1v) is 9.14. The third-order valence-corrected chi connectivity index (χ3v) is 4.94. The third kappa shape index (κ3) is 5.27. The van der Waals surface area contributed by atoms with Crippen LogP contribution < -0.4 is 4.72 Å². The lowest BCUT2D eigenvalue weighted by Gasteiger charge is -2.08. The van der Waals surface area contributed by atoms with E-state index in [0.29, 0.717) is 19.5 Å². The molecule has 0 unspecified atom stereocenters. The molecule has 0 saturated carbocycles. The monoisotopic (exact) mass is 321 g/mol. The zero-order valence-electron chi connectivity index (χ0n) is 13.1. The van der Waals surface area contributed by atoms with Gasteiger partial charge in [-0.2, -0.15) is 5.10 Å². The lowest BCUT2D eigenvalue weighted by molar-refractivity contribution is 0.552. The van der Waals surface area contributed by atoms with Crippen LogP contribution in [-0.4, -0.2) is 30.5 Å². The largest absolute Gasteiger partial charge is 0.268 e. The Morgan fingerprint density at radius 3 is 2.55 bits per heavy atom. The number of aromatic nitrogens is 2. The normalized spacial score (nSPS) is 11.7. The lowest BCUT2D eigenvalue weighted by atomic mass is 10.1. The fourth-order valence-electron chi connectivity index (χ4n) is 2.39. The highest BCUT2D eigenvalue weighted by molar-refractivity contribution is 7.89. The van der Waals surface area contributed by atoms with E-state index in [0.717, 1.165) is 17.8 Å². The molecule has 0 atom stereocenters. The number of nitrogens with one attached hydrogen (secondary N) is 1. The molecule has 1 aromatic heterocycles. The van der Waals surface area contributed by atoms with Crippen molar-refractivity contribution < 1.29 is 8.42 Å². The van der Waals surface area contributed by atoms with Crippen LogP contribution in [0.25, 0.3) is 0 Å². The quantitative estimate of drug-likeness (QED) is 0.809. The molecule has 0 spiro atoms. The van der Waals surface area contributed by atoms with Crippen molar-refractivity contribution in [3.8, 4) is 0 Å². The van der Waals surface area contributed by atoms with Gasteiger partial charge in [0, 0.05) is 12.2 Å². The van der Waals surface area contributed by atoms with E-state index in [-0.39, 0.29) is 5.75 Å². The van der Waals surface area contributed by atoms with Gasteiger partial charge in [-0.15, -0.1) is 0 Å². The Balaban J connectivity index is 1.73. The van der Waals surface area contributed by atoms with Crippen molar-refractivity contribution in [3.05, 3.63) is 53.3 Å². The average Bonchev–Trinajstić information content (AvgIpc) is 2.78. The number of hydrogen-bond acceptors (Lipinski definition) is 3. The maximum atomic E-state index is 12.0. The van der Waals surface area contributed by atoms with Gasteiger partial charge in [0.25, 0.3) is 0 Å². The number of nitrogens with zero attached hydrogens (tertiary/aromatic N) is 2. The molecule has 1 N–H and O–H groups in total. The van der Waals surface area contributed by atoms with Gasteiger partial charge in [0.15, 0.2) is 0 Å². The molecule has 2 aromatic rings. The van der Waals surface area contributed by atoms with E-state index in [2.05, 4.69) is 9.82 Å². The highest BCUT2D eigenvalue weighted by Crippen LogP contribution is 2.04. The van der Waals surface area contributed by atoms with Crippen molar-refractivity contribution in [1.29, 1.82) is 0 Å². The molecule has 2 rings (SSSR count). The molecular weight excluding hydrogens is 298 g/mol. The summed E-state index contributed by atoms with van der Waals surface area (Å²) in [4.78, 5) is 0. The molecule has 1 heterocycles. The zero-order valence-corrected chi connectivity index (χ0v) is 13.9. The summed E-state index contributed by atoms with van der Waals surface area (Å²) in [5.41, 5.74) is 3.16. The van der Waals surface area contributed by atoms with E-state index in [4.69, 9.17) is 0 Å². The molecule has 6 heteroatoms. The summed E-state index contributed by atoms with van der Waals surface area (Å²) < 4.78 is 28.4. The minimum Gasteiger partial charge on any atom is -0.268 e. The van der Waals surface area contributed by atoms with Gasteiger partial charge >= 0.3 is 0 Å². The molecule has 120 valence electrons. The number of benzene rings is 1. The van der Waals surface area contributed by atoms with E-state index < -0.39 is 10.0 Å². The van der Waals surface area contributed by atoms with Crippen molar-refractivity contribution in [3.63, 3.8) is 0 Å². The van der Waals surface area contributed by atoms with E-state index in [9.17, 15) is 8.42 Å². The second-order valence-electron chi connectivity index (χ2n) is 5.45. The minimum absolute atomic E-state index is 0.152. The molecule has 0 amide bonds. The van der Waals surface area contributed by atoms with Gasteiger partial charge in [0.1, 0.15) is 0 Å². The average molecular weight is 321 g/mol. The summed E-state index contributed by atoms with van der Waals surface area (Å²) in [5, 5.41) is 4.31. The summed E-state index contributed by atoms with van der Waals surface area (Å²) in [6.07, 6.45) is 1.40. The Bertz CT molecular complexity index is 693. The van der Waals surface area contributed by atoms with Gasteiger partial charge in [-0.05, 0) is 38.3 Å². The number of rotatable bonds is 8. The summed E-state index contributed by atoms with van der Waals surface area (Å²) >= 11 is 0. The smallest absolute Gasteiger partial charge is 0.211 e. The first-order valence-electron chi connectivity index (χ1n) is 7.48. The van der Waals surface area contributed by atoms with E-state index in [1.807, 2.05) is 54.9 Å². The van der Waals surface area contributed by atoms with Crippen molar-refractivity contribution >= 4 is 10.0 Å². The fourth-order valence-corrected chi connectivity index (χ4v) is 3.46. The summed E-state index contributed by atoms with van der Waals surface area (Å²) in [6.45, 7) is 4.82. The second-order valence-corrected chi connectivity index (χ2v) is 7.38. The van der Waals surface area contributed by atoms with Crippen molar-refractivity contribution in [2.24, 2.45) is 0 Å². The lowest BCUT2D eigenvalue weighted by Crippen LogP contribution is -2.30. The Morgan fingerprint density at radius 1 is 1.18 bits per heavy atom. The molecule has 0 fully saturated rings. The summed E-state index contributed by atoms with van der Waals surface area (Å²) in [6, 6.07) is 11.9. The van der Waals surface area contributed by atoms with Gasteiger partial charge in [-0.25, -0.2) is 13.1 Å². The molecule has 0 radical (unpaired) electrons. The van der Waals surface area contributed by atoms with Crippen LogP contribution in [0.3, 0.4) is 0 Å². The first-order chi connectivity index (χ1) is 10.5. The van der Waals surface area contributed by atoms with Gasteiger partial charge < -0.3 is 0 Å². The van der Waals surface area contributed by atoms with Crippen LogP contribution in [0.15, 0.2) is 36.4 Å². The van der Waals surface area contributed by atoms with Crippen LogP contribution in [0.4, 0.5) is 0 Å². The van der Waals surface area contributed by atoms with E-state index in [1.165, 1.54) is 5.56 Å². The van der Waals surface area contributed by atoms with Crippen LogP contribution in [-0.2, 0) is 23.0 Å². The molecule has 0 aliphatic rings. The highest BCUT2D eigenvalue weighted by atomic mass is 32.2. The topological polar surface area (TPSA) is 64.0 Å². The van der Waals surface area contributed by atoms with Crippen molar-refractivity contribution in [2.75, 3.05) is 12.3 Å². The third-order valence-electron chi connectivity index (χ3n) is 3.47. The predicted molar refractivity (Wildman–Crippen MR) is 88.3 cm³/mol.